The first-order valence-electron chi connectivity index (χ1n) is 7.44. The molecule has 4 rings (SSSR count). The lowest BCUT2D eigenvalue weighted by molar-refractivity contribution is 1.06. The summed E-state index contributed by atoms with van der Waals surface area (Å²) in [5.41, 5.74) is 10.1. The molecule has 0 atom stereocenters. The molecule has 0 aliphatic carbocycles. The second-order valence-electron chi connectivity index (χ2n) is 5.23. The Bertz CT molecular complexity index is 964. The minimum absolute atomic E-state index is 0.227. The van der Waals surface area contributed by atoms with Crippen LogP contribution in [0.2, 0.25) is 0 Å². The van der Waals surface area contributed by atoms with E-state index < -0.39 is 0 Å². The van der Waals surface area contributed by atoms with E-state index in [1.165, 1.54) is 0 Å². The van der Waals surface area contributed by atoms with Crippen LogP contribution in [0, 0.1) is 0 Å². The molecule has 0 aliphatic heterocycles. The largest absolute Gasteiger partial charge is 0.368 e. The molecule has 116 valence electrons. The number of nitrogens with two attached hydrogens (primary N) is 1. The number of rotatable bonds is 3. The van der Waals surface area contributed by atoms with Gasteiger partial charge in [-0.3, -0.25) is 4.98 Å². The molecule has 0 aliphatic rings. The summed E-state index contributed by atoms with van der Waals surface area (Å²) < 4.78 is 1.95. The molecule has 6 heteroatoms. The van der Waals surface area contributed by atoms with Gasteiger partial charge in [-0.05, 0) is 29.8 Å². The third-order valence-corrected chi connectivity index (χ3v) is 3.67. The van der Waals surface area contributed by atoms with Crippen molar-refractivity contribution in [3.8, 4) is 28.2 Å². The first-order valence-corrected chi connectivity index (χ1v) is 7.44. The highest BCUT2D eigenvalue weighted by Gasteiger charge is 2.12. The van der Waals surface area contributed by atoms with Gasteiger partial charge in [0.05, 0.1) is 12.0 Å². The molecule has 0 amide bonds. The van der Waals surface area contributed by atoms with E-state index in [1.807, 2.05) is 47.2 Å². The van der Waals surface area contributed by atoms with Gasteiger partial charge in [0, 0.05) is 36.0 Å². The van der Waals surface area contributed by atoms with Gasteiger partial charge in [-0.15, -0.1) is 0 Å². The zero-order valence-electron chi connectivity index (χ0n) is 12.7. The van der Waals surface area contributed by atoms with Gasteiger partial charge in [-0.25, -0.2) is 15.0 Å². The number of imidazole rings is 1. The third-order valence-electron chi connectivity index (χ3n) is 3.67. The van der Waals surface area contributed by atoms with Crippen LogP contribution in [-0.4, -0.2) is 24.5 Å². The quantitative estimate of drug-likeness (QED) is 0.628. The van der Waals surface area contributed by atoms with Gasteiger partial charge in [-0.1, -0.05) is 18.2 Å². The lowest BCUT2D eigenvalue weighted by Crippen LogP contribution is -2.00. The van der Waals surface area contributed by atoms with Crippen molar-refractivity contribution >= 4 is 5.95 Å². The summed E-state index contributed by atoms with van der Waals surface area (Å²) in [6.07, 6.45) is 8.88. The summed E-state index contributed by atoms with van der Waals surface area (Å²) in [6.45, 7) is 0. The fourth-order valence-electron chi connectivity index (χ4n) is 2.55. The molecule has 24 heavy (non-hydrogen) atoms. The Morgan fingerprint density at radius 1 is 0.958 bits per heavy atom. The average Bonchev–Trinajstić information content (AvgIpc) is 3.17. The molecule has 6 nitrogen and oxygen atoms in total. The van der Waals surface area contributed by atoms with Crippen LogP contribution in [0.15, 0.2) is 73.6 Å². The second kappa shape index (κ2) is 5.92. The van der Waals surface area contributed by atoms with E-state index in [1.54, 1.807) is 24.9 Å². The van der Waals surface area contributed by atoms with Gasteiger partial charge in [0.15, 0.2) is 0 Å². The van der Waals surface area contributed by atoms with Gasteiger partial charge in [0.25, 0.3) is 0 Å². The first kappa shape index (κ1) is 14.1. The SMILES string of the molecule is Nc1ncc(-c2cccc(-n3ccnc3)c2)c(-c2ccccn2)n1. The van der Waals surface area contributed by atoms with Crippen LogP contribution in [0.3, 0.4) is 0 Å². The molecule has 0 spiro atoms. The Labute approximate surface area is 138 Å². The molecule has 0 saturated carbocycles. The van der Waals surface area contributed by atoms with Gasteiger partial charge in [0.1, 0.15) is 5.69 Å². The van der Waals surface area contributed by atoms with Crippen LogP contribution in [-0.2, 0) is 0 Å². The Hall–Kier alpha value is -3.54. The van der Waals surface area contributed by atoms with Gasteiger partial charge in [-0.2, -0.15) is 0 Å². The van der Waals surface area contributed by atoms with Gasteiger partial charge < -0.3 is 10.3 Å². The van der Waals surface area contributed by atoms with Crippen LogP contribution in [0.5, 0.6) is 0 Å². The molecule has 3 aromatic heterocycles. The zero-order valence-corrected chi connectivity index (χ0v) is 12.7. The van der Waals surface area contributed by atoms with Crippen LogP contribution in [0.1, 0.15) is 0 Å². The number of pyridine rings is 1. The maximum atomic E-state index is 5.79. The van der Waals surface area contributed by atoms with Crippen molar-refractivity contribution < 1.29 is 0 Å². The Morgan fingerprint density at radius 3 is 2.71 bits per heavy atom. The maximum Gasteiger partial charge on any atom is 0.220 e. The first-order chi connectivity index (χ1) is 11.8. The van der Waals surface area contributed by atoms with Crippen LogP contribution < -0.4 is 5.73 Å². The maximum absolute atomic E-state index is 5.79. The smallest absolute Gasteiger partial charge is 0.220 e. The monoisotopic (exact) mass is 314 g/mol. The lowest BCUT2D eigenvalue weighted by atomic mass is 10.0. The van der Waals surface area contributed by atoms with E-state index in [-0.39, 0.29) is 5.95 Å². The molecular weight excluding hydrogens is 300 g/mol. The van der Waals surface area contributed by atoms with E-state index in [9.17, 15) is 0 Å². The summed E-state index contributed by atoms with van der Waals surface area (Å²) in [5.74, 6) is 0.227. The van der Waals surface area contributed by atoms with Crippen molar-refractivity contribution in [2.75, 3.05) is 5.73 Å². The fourth-order valence-corrected chi connectivity index (χ4v) is 2.55. The Morgan fingerprint density at radius 2 is 1.92 bits per heavy atom. The topological polar surface area (TPSA) is 82.5 Å². The minimum atomic E-state index is 0.227. The van der Waals surface area contributed by atoms with Crippen molar-refractivity contribution in [3.05, 3.63) is 73.6 Å². The molecule has 0 bridgehead atoms. The minimum Gasteiger partial charge on any atom is -0.368 e. The molecule has 3 heterocycles. The standard InChI is InChI=1S/C18H14N6/c19-18-22-11-15(17(23-18)16-6-1-2-7-21-16)13-4-3-5-14(10-13)24-9-8-20-12-24/h1-12H,(H2,19,22,23). The van der Waals surface area contributed by atoms with Crippen molar-refractivity contribution in [1.82, 2.24) is 24.5 Å². The van der Waals surface area contributed by atoms with E-state index in [2.05, 4.69) is 26.0 Å². The molecular formula is C18H14N6. The molecule has 4 aromatic rings. The Balaban J connectivity index is 1.87. The van der Waals surface area contributed by atoms with Crippen molar-refractivity contribution in [1.29, 1.82) is 0 Å². The highest BCUT2D eigenvalue weighted by atomic mass is 15.0. The molecule has 0 fully saturated rings. The van der Waals surface area contributed by atoms with Crippen LogP contribution in [0.4, 0.5) is 5.95 Å². The van der Waals surface area contributed by atoms with Gasteiger partial charge in [0.2, 0.25) is 5.95 Å². The lowest BCUT2D eigenvalue weighted by Gasteiger charge is -2.10. The van der Waals surface area contributed by atoms with E-state index >= 15 is 0 Å². The summed E-state index contributed by atoms with van der Waals surface area (Å²) in [6, 6.07) is 13.8. The number of hydrogen-bond acceptors (Lipinski definition) is 5. The number of nitrogens with zero attached hydrogens (tertiary/aromatic N) is 5. The van der Waals surface area contributed by atoms with Crippen molar-refractivity contribution in [2.24, 2.45) is 0 Å². The second-order valence-corrected chi connectivity index (χ2v) is 5.23. The Kier molecular flexibility index (Phi) is 3.47. The summed E-state index contributed by atoms with van der Waals surface area (Å²) in [5, 5.41) is 0. The highest BCUT2D eigenvalue weighted by molar-refractivity contribution is 5.80. The van der Waals surface area contributed by atoms with Crippen molar-refractivity contribution in [2.45, 2.75) is 0 Å². The number of hydrogen-bond donors (Lipinski definition) is 1. The predicted molar refractivity (Wildman–Crippen MR) is 92.2 cm³/mol. The number of aromatic nitrogens is 5. The van der Waals surface area contributed by atoms with Gasteiger partial charge >= 0.3 is 0 Å². The van der Waals surface area contributed by atoms with E-state index in [0.29, 0.717) is 5.69 Å². The predicted octanol–water partition coefficient (Wildman–Crippen LogP) is 2.97. The molecule has 0 saturated heterocycles. The summed E-state index contributed by atoms with van der Waals surface area (Å²) in [7, 11) is 0. The molecule has 0 unspecified atom stereocenters. The summed E-state index contributed by atoms with van der Waals surface area (Å²) in [4.78, 5) is 17.0. The van der Waals surface area contributed by atoms with E-state index in [0.717, 1.165) is 22.5 Å². The van der Waals surface area contributed by atoms with Crippen LogP contribution >= 0.6 is 0 Å². The fraction of sp³-hybridized carbons (Fsp3) is 0. The normalized spacial score (nSPS) is 10.7. The van der Waals surface area contributed by atoms with Crippen LogP contribution in [0.25, 0.3) is 28.2 Å². The number of nitrogen functional groups attached to an aromatic ring is 1. The third kappa shape index (κ3) is 2.61. The zero-order chi connectivity index (χ0) is 16.4. The molecule has 1 aromatic carbocycles. The molecule has 0 radical (unpaired) electrons. The number of benzene rings is 1. The average molecular weight is 314 g/mol. The van der Waals surface area contributed by atoms with Crippen molar-refractivity contribution in [3.63, 3.8) is 0 Å². The summed E-state index contributed by atoms with van der Waals surface area (Å²) >= 11 is 0. The van der Waals surface area contributed by atoms with E-state index in [4.69, 9.17) is 5.73 Å². The number of anilines is 1. The molecule has 2 N–H and O–H groups in total. The highest BCUT2D eigenvalue weighted by Crippen LogP contribution is 2.30.